The first-order valence-corrected chi connectivity index (χ1v) is 11.7. The van der Waals surface area contributed by atoms with E-state index in [9.17, 15) is 21.6 Å². The van der Waals surface area contributed by atoms with Crippen molar-refractivity contribution in [1.29, 1.82) is 0 Å². The molecule has 3 aromatic rings. The molecular weight excluding hydrogens is 459 g/mol. The second-order valence-corrected chi connectivity index (χ2v) is 9.64. The van der Waals surface area contributed by atoms with Crippen molar-refractivity contribution in [3.8, 4) is 5.75 Å². The van der Waals surface area contributed by atoms with Crippen molar-refractivity contribution in [2.75, 3.05) is 4.72 Å². The Morgan fingerprint density at radius 2 is 2.03 bits per heavy atom. The number of halogens is 3. The van der Waals surface area contributed by atoms with Crippen LogP contribution in [0.4, 0.5) is 19.0 Å². The van der Waals surface area contributed by atoms with E-state index >= 15 is 0 Å². The van der Waals surface area contributed by atoms with Crippen LogP contribution < -0.4 is 9.46 Å². The maximum atomic E-state index is 14.9. The van der Waals surface area contributed by atoms with Crippen molar-refractivity contribution in [3.05, 3.63) is 60.1 Å². The minimum atomic E-state index is -4.27. The molecule has 2 aromatic heterocycles. The summed E-state index contributed by atoms with van der Waals surface area (Å²) in [6, 6.07) is 5.10. The average Bonchev–Trinajstić information content (AvgIpc) is 3.17. The Bertz CT molecular complexity index is 1250. The van der Waals surface area contributed by atoms with Gasteiger partial charge >= 0.3 is 0 Å². The van der Waals surface area contributed by atoms with E-state index in [4.69, 9.17) is 4.74 Å². The van der Waals surface area contributed by atoms with Crippen molar-refractivity contribution >= 4 is 15.8 Å². The topological polar surface area (TPSA) is 99.0 Å². The molecule has 12 heteroatoms. The van der Waals surface area contributed by atoms with Gasteiger partial charge in [0.25, 0.3) is 10.0 Å². The number of aromatic nitrogens is 4. The smallest absolute Gasteiger partial charge is 0.265 e. The Labute approximate surface area is 188 Å². The van der Waals surface area contributed by atoms with E-state index in [-0.39, 0.29) is 24.4 Å². The summed E-state index contributed by atoms with van der Waals surface area (Å²) in [5.74, 6) is -4.46. The maximum absolute atomic E-state index is 14.9. The molecule has 2 atom stereocenters. The molecule has 0 spiro atoms. The first-order valence-electron chi connectivity index (χ1n) is 10.2. The van der Waals surface area contributed by atoms with Gasteiger partial charge in [-0.05, 0) is 37.1 Å². The number of hydrogen-bond donors (Lipinski definition) is 1. The van der Waals surface area contributed by atoms with Gasteiger partial charge in [0.05, 0.1) is 0 Å². The van der Waals surface area contributed by atoms with Gasteiger partial charge in [-0.1, -0.05) is 0 Å². The van der Waals surface area contributed by atoms with Crippen LogP contribution in [-0.4, -0.2) is 40.2 Å². The normalized spacial score (nSPS) is 20.4. The van der Waals surface area contributed by atoms with Crippen LogP contribution in [0.3, 0.4) is 0 Å². The van der Waals surface area contributed by atoms with E-state index in [1.165, 1.54) is 23.1 Å². The van der Waals surface area contributed by atoms with E-state index in [1.54, 1.807) is 20.0 Å². The fourth-order valence-electron chi connectivity index (χ4n) is 3.97. The van der Waals surface area contributed by atoms with Gasteiger partial charge in [-0.3, -0.25) is 9.40 Å². The van der Waals surface area contributed by atoms with Crippen molar-refractivity contribution in [3.63, 3.8) is 0 Å². The summed E-state index contributed by atoms with van der Waals surface area (Å²) in [5, 5.41) is 4.06. The molecule has 8 nitrogen and oxygen atoms in total. The Hall–Kier alpha value is -3.15. The second-order valence-electron chi connectivity index (χ2n) is 7.99. The van der Waals surface area contributed by atoms with Crippen molar-refractivity contribution < 1.29 is 26.3 Å². The number of hydrogen-bond acceptors (Lipinski definition) is 6. The minimum absolute atomic E-state index is 0.00969. The lowest BCUT2D eigenvalue weighted by Crippen LogP contribution is -2.38. The molecule has 33 heavy (non-hydrogen) atoms. The fraction of sp³-hybridized carbons (Fsp3) is 0.381. The highest BCUT2D eigenvalue weighted by Gasteiger charge is 2.44. The summed E-state index contributed by atoms with van der Waals surface area (Å²) in [5.41, 5.74) is 0.936. The van der Waals surface area contributed by atoms with Crippen LogP contribution >= 0.6 is 0 Å². The van der Waals surface area contributed by atoms with Crippen LogP contribution in [0.25, 0.3) is 0 Å². The zero-order valence-electron chi connectivity index (χ0n) is 17.9. The average molecular weight is 482 g/mol. The first kappa shape index (κ1) is 23.0. The maximum Gasteiger partial charge on any atom is 0.265 e. The zero-order valence-corrected chi connectivity index (χ0v) is 18.7. The van der Waals surface area contributed by atoms with Crippen molar-refractivity contribution in [2.45, 2.75) is 49.0 Å². The largest absolute Gasteiger partial charge is 0.489 e. The van der Waals surface area contributed by atoms with Crippen LogP contribution in [0.15, 0.2) is 47.9 Å². The predicted octanol–water partition coefficient (Wildman–Crippen LogP) is 3.81. The quantitative estimate of drug-likeness (QED) is 0.575. The third-order valence-electron chi connectivity index (χ3n) is 5.62. The van der Waals surface area contributed by atoms with Gasteiger partial charge in [0.2, 0.25) is 5.92 Å². The lowest BCUT2D eigenvalue weighted by molar-refractivity contribution is -0.0698. The van der Waals surface area contributed by atoms with Crippen LogP contribution in [-0.2, 0) is 17.1 Å². The molecule has 2 heterocycles. The van der Waals surface area contributed by atoms with E-state index in [2.05, 4.69) is 19.8 Å². The summed E-state index contributed by atoms with van der Waals surface area (Å²) >= 11 is 0. The molecule has 176 valence electrons. The minimum Gasteiger partial charge on any atom is -0.489 e. The first-order chi connectivity index (χ1) is 15.6. The molecule has 0 saturated heterocycles. The summed E-state index contributed by atoms with van der Waals surface area (Å²) < 4.78 is 78.2. The number of aryl methyl sites for hydroxylation is 2. The summed E-state index contributed by atoms with van der Waals surface area (Å²) in [7, 11) is -2.60. The van der Waals surface area contributed by atoms with E-state index in [1.807, 2.05) is 0 Å². The molecule has 0 bridgehead atoms. The van der Waals surface area contributed by atoms with Gasteiger partial charge in [-0.2, -0.15) is 5.10 Å². The third kappa shape index (κ3) is 4.95. The molecular formula is C21H22F3N5O3S. The van der Waals surface area contributed by atoms with Gasteiger partial charge in [0, 0.05) is 50.0 Å². The number of nitrogens with one attached hydrogen (secondary N) is 1. The molecule has 1 aliphatic carbocycles. The van der Waals surface area contributed by atoms with E-state index < -0.39 is 45.1 Å². The van der Waals surface area contributed by atoms with Gasteiger partial charge in [0.1, 0.15) is 34.7 Å². The van der Waals surface area contributed by atoms with Gasteiger partial charge in [-0.15, -0.1) is 0 Å². The fourth-order valence-corrected chi connectivity index (χ4v) is 5.12. The Balaban J connectivity index is 1.61. The lowest BCUT2D eigenvalue weighted by Gasteiger charge is -2.36. The number of benzene rings is 1. The number of anilines is 1. The molecule has 0 amide bonds. The van der Waals surface area contributed by atoms with Crippen molar-refractivity contribution in [1.82, 2.24) is 19.7 Å². The second kappa shape index (κ2) is 8.65. The zero-order chi connectivity index (χ0) is 23.8. The predicted molar refractivity (Wildman–Crippen MR) is 113 cm³/mol. The van der Waals surface area contributed by atoms with E-state index in [0.717, 1.165) is 18.5 Å². The monoisotopic (exact) mass is 481 g/mol. The summed E-state index contributed by atoms with van der Waals surface area (Å²) in [4.78, 5) is 6.89. The van der Waals surface area contributed by atoms with Crippen molar-refractivity contribution in [2.24, 2.45) is 7.05 Å². The number of rotatable bonds is 6. The van der Waals surface area contributed by atoms with Crippen LogP contribution in [0.2, 0.25) is 0 Å². The number of alkyl halides is 2. The summed E-state index contributed by atoms with van der Waals surface area (Å²) in [6.07, 6.45) is 2.64. The molecule has 0 radical (unpaired) electrons. The lowest BCUT2D eigenvalue weighted by atomic mass is 9.81. The number of nitrogens with zero attached hydrogens (tertiary/aromatic N) is 4. The standard InChI is InChI=1S/C21H22F3N5O3S/c1-13-9-19(33(30,31)28-20-5-7-25-12-26-20)15(22)10-18(13)32-17-3-6-21(23,24)11-14(17)16-4-8-27-29(16)2/h4-5,7-10,12,14,17H,3,6,11H2,1-2H3,(H,25,26,28). The van der Waals surface area contributed by atoms with Gasteiger partial charge < -0.3 is 4.74 Å². The highest BCUT2D eigenvalue weighted by atomic mass is 32.2. The van der Waals surface area contributed by atoms with Crippen LogP contribution in [0.1, 0.15) is 36.4 Å². The molecule has 0 aliphatic heterocycles. The molecule has 1 saturated carbocycles. The Kier molecular flexibility index (Phi) is 6.04. The highest BCUT2D eigenvalue weighted by molar-refractivity contribution is 7.92. The SMILES string of the molecule is Cc1cc(S(=O)(=O)Nc2ccncn2)c(F)cc1OC1CCC(F)(F)CC1c1ccnn1C. The summed E-state index contributed by atoms with van der Waals surface area (Å²) in [6.45, 7) is 1.56. The number of sulfonamides is 1. The molecule has 1 fully saturated rings. The third-order valence-corrected chi connectivity index (χ3v) is 6.99. The van der Waals surface area contributed by atoms with Gasteiger partial charge in [-0.25, -0.2) is 31.6 Å². The highest BCUT2D eigenvalue weighted by Crippen LogP contribution is 2.43. The number of ether oxygens (including phenoxy) is 1. The molecule has 1 N–H and O–H groups in total. The molecule has 1 aromatic carbocycles. The molecule has 4 rings (SSSR count). The molecule has 1 aliphatic rings. The van der Waals surface area contributed by atoms with Gasteiger partial charge in [0.15, 0.2) is 0 Å². The van der Waals surface area contributed by atoms with Crippen LogP contribution in [0.5, 0.6) is 5.75 Å². The Morgan fingerprint density at radius 3 is 2.70 bits per heavy atom. The Morgan fingerprint density at radius 1 is 1.24 bits per heavy atom. The molecule has 2 unspecified atom stereocenters. The van der Waals surface area contributed by atoms with E-state index in [0.29, 0.717) is 11.3 Å². The van der Waals surface area contributed by atoms with Crippen LogP contribution in [0, 0.1) is 12.7 Å².